The first-order valence-corrected chi connectivity index (χ1v) is 7.30. The lowest BCUT2D eigenvalue weighted by Gasteiger charge is -2.08. The average molecular weight is 298 g/mol. The number of hydrogen-bond donors (Lipinski definition) is 1. The number of anilines is 1. The van der Waals surface area contributed by atoms with Crippen LogP contribution >= 0.6 is 11.6 Å². The fourth-order valence-electron chi connectivity index (χ4n) is 2.25. The minimum atomic E-state index is 0.693. The van der Waals surface area contributed by atoms with E-state index in [2.05, 4.69) is 46.5 Å². The highest BCUT2D eigenvalue weighted by Crippen LogP contribution is 2.22. The molecular formula is C17H16ClN3. The Balaban J connectivity index is 1.73. The minimum Gasteiger partial charge on any atom is -0.369 e. The van der Waals surface area contributed by atoms with Gasteiger partial charge in [0.05, 0.1) is 5.52 Å². The van der Waals surface area contributed by atoms with Gasteiger partial charge in [0.1, 0.15) is 12.1 Å². The van der Waals surface area contributed by atoms with Crippen LogP contribution in [0, 0.1) is 6.92 Å². The smallest absolute Gasteiger partial charge is 0.137 e. The van der Waals surface area contributed by atoms with E-state index >= 15 is 0 Å². The van der Waals surface area contributed by atoms with E-state index in [1.54, 1.807) is 6.33 Å². The molecule has 0 aliphatic heterocycles. The van der Waals surface area contributed by atoms with Gasteiger partial charge in [0, 0.05) is 17.0 Å². The molecule has 0 atom stereocenters. The van der Waals surface area contributed by atoms with Crippen LogP contribution in [0.5, 0.6) is 0 Å². The van der Waals surface area contributed by atoms with Gasteiger partial charge in [-0.2, -0.15) is 0 Å². The summed E-state index contributed by atoms with van der Waals surface area (Å²) >= 11 is 6.05. The summed E-state index contributed by atoms with van der Waals surface area (Å²) in [7, 11) is 0. The number of aryl methyl sites for hydroxylation is 1. The molecule has 1 heterocycles. The van der Waals surface area contributed by atoms with Crippen molar-refractivity contribution >= 4 is 28.3 Å². The quantitative estimate of drug-likeness (QED) is 0.782. The summed E-state index contributed by atoms with van der Waals surface area (Å²) in [4.78, 5) is 8.56. The molecule has 1 aromatic heterocycles. The zero-order chi connectivity index (χ0) is 14.7. The van der Waals surface area contributed by atoms with Crippen LogP contribution in [0.1, 0.15) is 11.1 Å². The monoisotopic (exact) mass is 297 g/mol. The predicted molar refractivity (Wildman–Crippen MR) is 87.9 cm³/mol. The van der Waals surface area contributed by atoms with Crippen molar-refractivity contribution in [3.8, 4) is 0 Å². The highest BCUT2D eigenvalue weighted by atomic mass is 35.5. The van der Waals surface area contributed by atoms with E-state index in [1.165, 1.54) is 11.1 Å². The Bertz CT molecular complexity index is 754. The van der Waals surface area contributed by atoms with Crippen LogP contribution in [0.3, 0.4) is 0 Å². The maximum atomic E-state index is 6.05. The highest BCUT2D eigenvalue weighted by molar-refractivity contribution is 6.31. The van der Waals surface area contributed by atoms with Crippen LogP contribution in [0.4, 0.5) is 5.82 Å². The summed E-state index contributed by atoms with van der Waals surface area (Å²) in [5.41, 5.74) is 3.49. The van der Waals surface area contributed by atoms with Crippen LogP contribution in [0.25, 0.3) is 10.9 Å². The van der Waals surface area contributed by atoms with Crippen molar-refractivity contribution in [1.29, 1.82) is 0 Å². The van der Waals surface area contributed by atoms with Crippen LogP contribution in [-0.2, 0) is 6.42 Å². The molecule has 0 fully saturated rings. The maximum Gasteiger partial charge on any atom is 0.137 e. The van der Waals surface area contributed by atoms with Gasteiger partial charge in [0.15, 0.2) is 0 Å². The van der Waals surface area contributed by atoms with Gasteiger partial charge in [0.2, 0.25) is 0 Å². The molecule has 2 aromatic carbocycles. The van der Waals surface area contributed by atoms with E-state index in [9.17, 15) is 0 Å². The molecule has 3 aromatic rings. The third-order valence-electron chi connectivity index (χ3n) is 3.42. The number of rotatable bonds is 4. The van der Waals surface area contributed by atoms with Crippen LogP contribution in [0.2, 0.25) is 5.02 Å². The summed E-state index contributed by atoms with van der Waals surface area (Å²) in [6, 6.07) is 14.2. The fourth-order valence-corrected chi connectivity index (χ4v) is 2.42. The van der Waals surface area contributed by atoms with Gasteiger partial charge < -0.3 is 5.32 Å². The first-order valence-electron chi connectivity index (χ1n) is 6.92. The normalized spacial score (nSPS) is 10.8. The van der Waals surface area contributed by atoms with Crippen molar-refractivity contribution < 1.29 is 0 Å². The Kier molecular flexibility index (Phi) is 4.02. The molecule has 0 spiro atoms. The van der Waals surface area contributed by atoms with E-state index in [1.807, 2.05) is 18.2 Å². The second-order valence-corrected chi connectivity index (χ2v) is 5.48. The Morgan fingerprint density at radius 3 is 2.67 bits per heavy atom. The van der Waals surface area contributed by atoms with Gasteiger partial charge in [-0.15, -0.1) is 0 Å². The van der Waals surface area contributed by atoms with Gasteiger partial charge in [-0.1, -0.05) is 41.4 Å². The van der Waals surface area contributed by atoms with Crippen molar-refractivity contribution in [3.63, 3.8) is 0 Å². The molecule has 21 heavy (non-hydrogen) atoms. The lowest BCUT2D eigenvalue weighted by atomic mass is 10.1. The molecule has 0 saturated heterocycles. The number of benzene rings is 2. The number of halogens is 1. The molecule has 0 amide bonds. The van der Waals surface area contributed by atoms with E-state index in [0.29, 0.717) is 5.02 Å². The molecular weight excluding hydrogens is 282 g/mol. The molecule has 0 aliphatic carbocycles. The number of fused-ring (bicyclic) bond motifs is 1. The zero-order valence-electron chi connectivity index (χ0n) is 11.8. The molecule has 3 nitrogen and oxygen atoms in total. The van der Waals surface area contributed by atoms with Crippen LogP contribution in [-0.4, -0.2) is 16.5 Å². The van der Waals surface area contributed by atoms with E-state index in [0.717, 1.165) is 29.7 Å². The molecule has 3 rings (SSSR count). The van der Waals surface area contributed by atoms with E-state index in [-0.39, 0.29) is 0 Å². The Morgan fingerprint density at radius 2 is 1.86 bits per heavy atom. The summed E-state index contributed by atoms with van der Waals surface area (Å²) in [6.45, 7) is 2.92. The van der Waals surface area contributed by atoms with Crippen LogP contribution in [0.15, 0.2) is 48.8 Å². The number of hydrogen-bond acceptors (Lipinski definition) is 3. The predicted octanol–water partition coefficient (Wildman–Crippen LogP) is 4.25. The molecule has 0 saturated carbocycles. The van der Waals surface area contributed by atoms with Crippen molar-refractivity contribution in [3.05, 3.63) is 64.9 Å². The van der Waals surface area contributed by atoms with Crippen molar-refractivity contribution in [2.45, 2.75) is 13.3 Å². The molecule has 1 N–H and O–H groups in total. The topological polar surface area (TPSA) is 37.8 Å². The largest absolute Gasteiger partial charge is 0.369 e. The molecule has 0 unspecified atom stereocenters. The van der Waals surface area contributed by atoms with Gasteiger partial charge in [0.25, 0.3) is 0 Å². The number of nitrogens with one attached hydrogen (secondary N) is 1. The average Bonchev–Trinajstić information content (AvgIpc) is 2.50. The van der Waals surface area contributed by atoms with Crippen molar-refractivity contribution in [2.24, 2.45) is 0 Å². The van der Waals surface area contributed by atoms with Gasteiger partial charge in [-0.25, -0.2) is 9.97 Å². The van der Waals surface area contributed by atoms with Gasteiger partial charge >= 0.3 is 0 Å². The third kappa shape index (κ3) is 3.31. The third-order valence-corrected chi connectivity index (χ3v) is 3.66. The first kappa shape index (κ1) is 13.8. The fraction of sp³-hybridized carbons (Fsp3) is 0.176. The van der Waals surface area contributed by atoms with E-state index in [4.69, 9.17) is 11.6 Å². The van der Waals surface area contributed by atoms with Gasteiger partial charge in [-0.3, -0.25) is 0 Å². The molecule has 106 valence electrons. The summed E-state index contributed by atoms with van der Waals surface area (Å²) in [5.74, 6) is 0.828. The summed E-state index contributed by atoms with van der Waals surface area (Å²) < 4.78 is 0. The Hall–Kier alpha value is -2.13. The molecule has 0 radical (unpaired) electrons. The molecule has 4 heteroatoms. The number of aromatic nitrogens is 2. The summed E-state index contributed by atoms with van der Waals surface area (Å²) in [5, 5.41) is 5.01. The first-order chi connectivity index (χ1) is 10.2. The maximum absolute atomic E-state index is 6.05. The van der Waals surface area contributed by atoms with Crippen molar-refractivity contribution in [1.82, 2.24) is 9.97 Å². The van der Waals surface area contributed by atoms with Crippen LogP contribution < -0.4 is 5.32 Å². The highest BCUT2D eigenvalue weighted by Gasteiger charge is 2.04. The Morgan fingerprint density at radius 1 is 1.05 bits per heavy atom. The van der Waals surface area contributed by atoms with E-state index < -0.39 is 0 Å². The lowest BCUT2D eigenvalue weighted by molar-refractivity contribution is 1.00. The lowest BCUT2D eigenvalue weighted by Crippen LogP contribution is -2.07. The van der Waals surface area contributed by atoms with Gasteiger partial charge in [-0.05, 0) is 37.1 Å². The second kappa shape index (κ2) is 6.10. The summed E-state index contributed by atoms with van der Waals surface area (Å²) in [6.07, 6.45) is 2.52. The molecule has 0 aliphatic rings. The van der Waals surface area contributed by atoms with Crippen molar-refractivity contribution in [2.75, 3.05) is 11.9 Å². The number of nitrogens with zero attached hydrogens (tertiary/aromatic N) is 2. The standard InChI is InChI=1S/C17H16ClN3/c1-12-2-4-13(5-3-12)8-9-19-17-15-10-14(18)6-7-16(15)20-11-21-17/h2-7,10-11H,8-9H2,1H3,(H,19,20,21). The zero-order valence-corrected chi connectivity index (χ0v) is 12.6. The minimum absolute atomic E-state index is 0.693. The molecule has 0 bridgehead atoms. The second-order valence-electron chi connectivity index (χ2n) is 5.05. The Labute approximate surface area is 129 Å². The SMILES string of the molecule is Cc1ccc(CCNc2ncnc3ccc(Cl)cc23)cc1.